The van der Waals surface area contributed by atoms with Crippen molar-refractivity contribution in [1.29, 1.82) is 0 Å². The van der Waals surface area contributed by atoms with Gasteiger partial charge in [0.2, 0.25) is 5.95 Å². The fraction of sp³-hybridized carbons (Fsp3) is 0.545. The maximum atomic E-state index is 10.8. The van der Waals surface area contributed by atoms with Gasteiger partial charge in [0, 0.05) is 22.7 Å². The number of nitrogens with one attached hydrogen (secondary N) is 3. The van der Waals surface area contributed by atoms with Gasteiger partial charge in [0.25, 0.3) is 0 Å². The van der Waals surface area contributed by atoms with E-state index >= 15 is 0 Å². The Morgan fingerprint density at radius 1 is 1.20 bits per heavy atom. The molecule has 1 aliphatic heterocycles. The van der Waals surface area contributed by atoms with Crippen molar-refractivity contribution in [2.75, 3.05) is 22.5 Å². The summed E-state index contributed by atoms with van der Waals surface area (Å²) in [5.41, 5.74) is 1.81. The van der Waals surface area contributed by atoms with Crippen LogP contribution in [-0.4, -0.2) is 44.5 Å². The van der Waals surface area contributed by atoms with Crippen LogP contribution in [0.4, 0.5) is 17.5 Å². The Morgan fingerprint density at radius 2 is 2.00 bits per heavy atom. The molecule has 30 heavy (non-hydrogen) atoms. The zero-order chi connectivity index (χ0) is 20.9. The molecule has 1 aromatic heterocycles. The second kappa shape index (κ2) is 7.59. The van der Waals surface area contributed by atoms with Gasteiger partial charge in [-0.1, -0.05) is 23.9 Å². The van der Waals surface area contributed by atoms with Crippen LogP contribution in [-0.2, 0) is 0 Å². The van der Waals surface area contributed by atoms with Gasteiger partial charge in [-0.3, -0.25) is 0 Å². The molecular weight excluding hydrogens is 398 g/mol. The van der Waals surface area contributed by atoms with Crippen LogP contribution in [0.5, 0.6) is 0 Å². The lowest BCUT2D eigenvalue weighted by Gasteiger charge is -2.31. The summed E-state index contributed by atoms with van der Waals surface area (Å²) in [4.78, 5) is 10.8. The van der Waals surface area contributed by atoms with Crippen molar-refractivity contribution in [1.82, 2.24) is 9.97 Å². The molecule has 2 aliphatic carbocycles. The molecule has 0 amide bonds. The van der Waals surface area contributed by atoms with Crippen LogP contribution in [0.25, 0.3) is 0 Å². The SMILES string of the molecule is Cc1nc(NCC2CC2)nc(NC2CCC(O)C2(C)O)c1C1Nc2ccccc2S1. The third-order valence-electron chi connectivity index (χ3n) is 6.48. The molecule has 4 atom stereocenters. The lowest BCUT2D eigenvalue weighted by atomic mass is 9.98. The van der Waals surface area contributed by atoms with Crippen LogP contribution in [0.1, 0.15) is 49.2 Å². The number of thioether (sulfide) groups is 1. The van der Waals surface area contributed by atoms with Crippen molar-refractivity contribution in [2.45, 2.75) is 67.5 Å². The molecule has 5 rings (SSSR count). The maximum absolute atomic E-state index is 10.8. The number of aliphatic hydroxyl groups excluding tert-OH is 1. The summed E-state index contributed by atoms with van der Waals surface area (Å²) >= 11 is 1.75. The molecule has 5 N–H and O–H groups in total. The Morgan fingerprint density at radius 3 is 2.70 bits per heavy atom. The molecule has 2 heterocycles. The topological polar surface area (TPSA) is 102 Å². The molecular formula is C22H29N5O2S. The monoisotopic (exact) mass is 427 g/mol. The van der Waals surface area contributed by atoms with E-state index in [0.29, 0.717) is 18.8 Å². The quantitative estimate of drug-likeness (QED) is 0.477. The lowest BCUT2D eigenvalue weighted by molar-refractivity contribution is -0.0439. The Kier molecular flexibility index (Phi) is 5.03. The predicted molar refractivity (Wildman–Crippen MR) is 120 cm³/mol. The second-order valence-corrected chi connectivity index (χ2v) is 10.0. The van der Waals surface area contributed by atoms with Gasteiger partial charge >= 0.3 is 0 Å². The minimum Gasteiger partial charge on any atom is -0.390 e. The Bertz CT molecular complexity index is 924. The van der Waals surface area contributed by atoms with E-state index in [1.165, 1.54) is 17.7 Å². The van der Waals surface area contributed by atoms with Crippen molar-refractivity contribution in [3.05, 3.63) is 35.5 Å². The van der Waals surface area contributed by atoms with E-state index < -0.39 is 11.7 Å². The number of hydrogen-bond donors (Lipinski definition) is 5. The Hall–Kier alpha value is -2.03. The van der Waals surface area contributed by atoms with E-state index in [-0.39, 0.29) is 11.4 Å². The Labute approximate surface area is 181 Å². The molecule has 4 unspecified atom stereocenters. The summed E-state index contributed by atoms with van der Waals surface area (Å²) in [6, 6.07) is 7.99. The Balaban J connectivity index is 1.47. The number of rotatable bonds is 6. The van der Waals surface area contributed by atoms with Gasteiger partial charge in [-0.2, -0.15) is 4.98 Å². The fourth-order valence-corrected chi connectivity index (χ4v) is 5.54. The average Bonchev–Trinajstić information content (AvgIpc) is 3.39. The molecule has 0 radical (unpaired) electrons. The van der Waals surface area contributed by atoms with E-state index in [1.807, 2.05) is 19.1 Å². The fourth-order valence-electron chi connectivity index (χ4n) is 4.28. The van der Waals surface area contributed by atoms with E-state index in [0.717, 1.165) is 35.2 Å². The van der Waals surface area contributed by atoms with Crippen molar-refractivity contribution in [3.8, 4) is 0 Å². The van der Waals surface area contributed by atoms with Gasteiger partial charge in [0.15, 0.2) is 0 Å². The second-order valence-electron chi connectivity index (χ2n) is 8.87. The highest BCUT2D eigenvalue weighted by atomic mass is 32.2. The first kappa shape index (κ1) is 19.9. The highest BCUT2D eigenvalue weighted by molar-refractivity contribution is 8.00. The summed E-state index contributed by atoms with van der Waals surface area (Å²) < 4.78 is 0. The number of aliphatic hydroxyl groups is 2. The summed E-state index contributed by atoms with van der Waals surface area (Å²) in [7, 11) is 0. The number of hydrogen-bond acceptors (Lipinski definition) is 8. The molecule has 2 fully saturated rings. The van der Waals surface area contributed by atoms with Crippen LogP contribution in [0.2, 0.25) is 0 Å². The van der Waals surface area contributed by atoms with E-state index in [2.05, 4.69) is 28.1 Å². The largest absolute Gasteiger partial charge is 0.390 e. The summed E-state index contributed by atoms with van der Waals surface area (Å²) in [6.07, 6.45) is 3.04. The first-order chi connectivity index (χ1) is 14.4. The molecule has 7 nitrogen and oxygen atoms in total. The predicted octanol–water partition coefficient (Wildman–Crippen LogP) is 3.51. The highest BCUT2D eigenvalue weighted by Crippen LogP contribution is 2.49. The number of nitrogens with zero attached hydrogens (tertiary/aromatic N) is 2. The highest BCUT2D eigenvalue weighted by Gasteiger charge is 2.45. The van der Waals surface area contributed by atoms with Crippen LogP contribution >= 0.6 is 11.8 Å². The standard InChI is InChI=1S/C22H29N5O2S/c1-12-18(20-25-14-5-3-4-6-15(14)30-20)19(26-16-9-10-17(28)22(16,2)29)27-21(24-12)23-11-13-7-8-13/h3-6,13,16-17,20,25,28-29H,7-11H2,1-2H3,(H2,23,24,26,27). The first-order valence-electron chi connectivity index (χ1n) is 10.7. The zero-order valence-corrected chi connectivity index (χ0v) is 18.2. The van der Waals surface area contributed by atoms with Gasteiger partial charge < -0.3 is 26.2 Å². The number of benzene rings is 1. The molecule has 1 aromatic carbocycles. The third-order valence-corrected chi connectivity index (χ3v) is 7.68. The van der Waals surface area contributed by atoms with Gasteiger partial charge in [-0.25, -0.2) is 4.98 Å². The van der Waals surface area contributed by atoms with Gasteiger partial charge in [-0.15, -0.1) is 0 Å². The van der Waals surface area contributed by atoms with Gasteiger partial charge in [-0.05, 0) is 57.6 Å². The first-order valence-corrected chi connectivity index (χ1v) is 11.6. The summed E-state index contributed by atoms with van der Waals surface area (Å²) in [5.74, 6) is 2.06. The number of anilines is 3. The number of fused-ring (bicyclic) bond motifs is 1. The molecule has 2 saturated carbocycles. The van der Waals surface area contributed by atoms with Gasteiger partial charge in [0.05, 0.1) is 17.8 Å². The summed E-state index contributed by atoms with van der Waals surface area (Å²) in [6.45, 7) is 4.60. The van der Waals surface area contributed by atoms with Crippen LogP contribution in [0.15, 0.2) is 29.2 Å². The third kappa shape index (κ3) is 3.72. The molecule has 160 valence electrons. The van der Waals surface area contributed by atoms with E-state index in [4.69, 9.17) is 9.97 Å². The van der Waals surface area contributed by atoms with E-state index in [9.17, 15) is 10.2 Å². The summed E-state index contributed by atoms with van der Waals surface area (Å²) in [5, 5.41) is 31.4. The van der Waals surface area contributed by atoms with Crippen molar-refractivity contribution in [3.63, 3.8) is 0 Å². The van der Waals surface area contributed by atoms with Crippen molar-refractivity contribution in [2.24, 2.45) is 5.92 Å². The maximum Gasteiger partial charge on any atom is 0.224 e. The van der Waals surface area contributed by atoms with Crippen molar-refractivity contribution < 1.29 is 10.2 Å². The van der Waals surface area contributed by atoms with Gasteiger partial charge in [0.1, 0.15) is 16.8 Å². The zero-order valence-electron chi connectivity index (χ0n) is 17.4. The minimum absolute atomic E-state index is 0.0151. The van der Waals surface area contributed by atoms with Crippen LogP contribution in [0.3, 0.4) is 0 Å². The van der Waals surface area contributed by atoms with Crippen LogP contribution in [0, 0.1) is 12.8 Å². The molecule has 0 saturated heterocycles. The average molecular weight is 428 g/mol. The smallest absolute Gasteiger partial charge is 0.224 e. The lowest BCUT2D eigenvalue weighted by Crippen LogP contribution is -2.47. The van der Waals surface area contributed by atoms with Crippen molar-refractivity contribution >= 4 is 29.2 Å². The molecule has 8 heteroatoms. The normalized spacial score (nSPS) is 30.1. The molecule has 0 bridgehead atoms. The molecule has 2 aromatic rings. The number of aromatic nitrogens is 2. The molecule has 0 spiro atoms. The molecule has 3 aliphatic rings. The van der Waals surface area contributed by atoms with Crippen LogP contribution < -0.4 is 16.0 Å². The van der Waals surface area contributed by atoms with E-state index in [1.54, 1.807) is 18.7 Å². The number of para-hydroxylation sites is 1. The number of aryl methyl sites for hydroxylation is 1. The minimum atomic E-state index is -1.20.